The molecule has 4 nitrogen and oxygen atoms in total. The minimum Gasteiger partial charge on any atom is -0.395 e. The number of carbonyl (C=O) groups excluding carboxylic acids is 2. The zero-order valence-corrected chi connectivity index (χ0v) is 10.2. The first-order valence-corrected chi connectivity index (χ1v) is 5.94. The number of ketones is 2. The molecule has 0 radical (unpaired) electrons. The molecular formula is C14H15NO3. The van der Waals surface area contributed by atoms with E-state index in [1.807, 2.05) is 24.0 Å². The van der Waals surface area contributed by atoms with Gasteiger partial charge in [0.25, 0.3) is 0 Å². The number of hydrogen-bond donors (Lipinski definition) is 1. The Morgan fingerprint density at radius 3 is 2.44 bits per heavy atom. The Hall–Kier alpha value is -1.94. The third-order valence-electron chi connectivity index (χ3n) is 3.03. The van der Waals surface area contributed by atoms with Gasteiger partial charge in [0.15, 0.2) is 0 Å². The number of rotatable bonds is 4. The standard InChI is InChI=1S/C14H15NO3/c1-2-15(7-8-16)12-9-13(17)14(18)11-6-4-3-5-10(11)12/h3-6,9,16H,2,7-8H2,1H3. The Labute approximate surface area is 106 Å². The Bertz CT molecular complexity index is 520. The molecule has 0 unspecified atom stereocenters. The molecule has 1 aliphatic rings. The predicted octanol–water partition coefficient (Wildman–Crippen LogP) is 1.11. The van der Waals surface area contributed by atoms with Gasteiger partial charge in [0, 0.05) is 36.0 Å². The minimum atomic E-state index is -0.500. The number of fused-ring (bicyclic) bond motifs is 1. The summed E-state index contributed by atoms with van der Waals surface area (Å²) in [5, 5.41) is 9.04. The first-order chi connectivity index (χ1) is 8.69. The van der Waals surface area contributed by atoms with E-state index in [1.165, 1.54) is 6.08 Å². The number of aliphatic hydroxyl groups is 1. The normalized spacial score (nSPS) is 14.2. The fourth-order valence-electron chi connectivity index (χ4n) is 2.14. The fourth-order valence-corrected chi connectivity index (χ4v) is 2.14. The lowest BCUT2D eigenvalue weighted by Gasteiger charge is -2.28. The molecule has 0 aromatic heterocycles. The molecule has 0 amide bonds. The molecule has 1 aromatic carbocycles. The number of benzene rings is 1. The maximum absolute atomic E-state index is 11.8. The second-order valence-corrected chi connectivity index (χ2v) is 4.07. The summed E-state index contributed by atoms with van der Waals surface area (Å²) in [4.78, 5) is 25.3. The van der Waals surface area contributed by atoms with Crippen LogP contribution in [0.25, 0.3) is 5.70 Å². The van der Waals surface area contributed by atoms with Gasteiger partial charge in [0.1, 0.15) is 0 Å². The largest absolute Gasteiger partial charge is 0.395 e. The summed E-state index contributed by atoms with van der Waals surface area (Å²) < 4.78 is 0. The molecule has 0 saturated carbocycles. The first kappa shape index (κ1) is 12.5. The Balaban J connectivity index is 2.50. The molecule has 0 saturated heterocycles. The number of aliphatic hydroxyl groups excluding tert-OH is 1. The minimum absolute atomic E-state index is 0.00941. The van der Waals surface area contributed by atoms with Gasteiger partial charge in [-0.05, 0) is 6.92 Å². The molecule has 94 valence electrons. The highest BCUT2D eigenvalue weighted by Gasteiger charge is 2.27. The van der Waals surface area contributed by atoms with E-state index < -0.39 is 11.6 Å². The van der Waals surface area contributed by atoms with Gasteiger partial charge in [-0.3, -0.25) is 9.59 Å². The van der Waals surface area contributed by atoms with Crippen molar-refractivity contribution < 1.29 is 14.7 Å². The summed E-state index contributed by atoms with van der Waals surface area (Å²) in [5.41, 5.74) is 1.92. The van der Waals surface area contributed by atoms with Gasteiger partial charge in [-0.1, -0.05) is 24.3 Å². The molecule has 0 bridgehead atoms. The Morgan fingerprint density at radius 1 is 1.17 bits per heavy atom. The van der Waals surface area contributed by atoms with Crippen molar-refractivity contribution in [2.24, 2.45) is 0 Å². The molecule has 2 rings (SSSR count). The number of carbonyl (C=O) groups is 2. The molecule has 0 atom stereocenters. The smallest absolute Gasteiger partial charge is 0.233 e. The van der Waals surface area contributed by atoms with Gasteiger partial charge in [0.2, 0.25) is 11.6 Å². The van der Waals surface area contributed by atoms with Gasteiger partial charge < -0.3 is 10.0 Å². The summed E-state index contributed by atoms with van der Waals surface area (Å²) in [6.45, 7) is 3.07. The van der Waals surface area contributed by atoms with Gasteiger partial charge in [0.05, 0.1) is 6.61 Å². The predicted molar refractivity (Wildman–Crippen MR) is 68.1 cm³/mol. The highest BCUT2D eigenvalue weighted by Crippen LogP contribution is 2.27. The van der Waals surface area contributed by atoms with Crippen LogP contribution in [0.2, 0.25) is 0 Å². The van der Waals surface area contributed by atoms with E-state index >= 15 is 0 Å². The van der Waals surface area contributed by atoms with Crippen LogP contribution in [0.3, 0.4) is 0 Å². The summed E-state index contributed by atoms with van der Waals surface area (Å²) >= 11 is 0. The summed E-state index contributed by atoms with van der Waals surface area (Å²) in [6, 6.07) is 7.07. The van der Waals surface area contributed by atoms with Crippen LogP contribution in [0.4, 0.5) is 0 Å². The van der Waals surface area contributed by atoms with Crippen LogP contribution in [0, 0.1) is 0 Å². The lowest BCUT2D eigenvalue weighted by molar-refractivity contribution is -0.111. The van der Waals surface area contributed by atoms with Gasteiger partial charge >= 0.3 is 0 Å². The van der Waals surface area contributed by atoms with E-state index in [0.717, 1.165) is 5.56 Å². The molecule has 1 aliphatic carbocycles. The maximum Gasteiger partial charge on any atom is 0.233 e. The Kier molecular flexibility index (Phi) is 3.58. The fraction of sp³-hybridized carbons (Fsp3) is 0.286. The van der Waals surface area contributed by atoms with Crippen molar-refractivity contribution in [3.05, 3.63) is 41.5 Å². The second-order valence-electron chi connectivity index (χ2n) is 4.07. The van der Waals surface area contributed by atoms with Crippen LogP contribution in [0.1, 0.15) is 22.8 Å². The van der Waals surface area contributed by atoms with Gasteiger partial charge in [-0.25, -0.2) is 0 Å². The van der Waals surface area contributed by atoms with Crippen molar-refractivity contribution in [2.45, 2.75) is 6.92 Å². The van der Waals surface area contributed by atoms with Crippen molar-refractivity contribution in [1.29, 1.82) is 0 Å². The first-order valence-electron chi connectivity index (χ1n) is 5.94. The quantitative estimate of drug-likeness (QED) is 0.807. The van der Waals surface area contributed by atoms with Crippen molar-refractivity contribution in [3.63, 3.8) is 0 Å². The third kappa shape index (κ3) is 2.07. The summed E-state index contributed by atoms with van der Waals surface area (Å²) in [5.74, 6) is -0.963. The zero-order valence-electron chi connectivity index (χ0n) is 10.2. The molecule has 0 aliphatic heterocycles. The van der Waals surface area contributed by atoms with Crippen LogP contribution >= 0.6 is 0 Å². The number of nitrogens with zero attached hydrogens (tertiary/aromatic N) is 1. The molecule has 0 fully saturated rings. The summed E-state index contributed by atoms with van der Waals surface area (Å²) in [7, 11) is 0. The average Bonchev–Trinajstić information content (AvgIpc) is 2.40. The van der Waals surface area contributed by atoms with E-state index in [-0.39, 0.29) is 6.61 Å². The zero-order chi connectivity index (χ0) is 13.1. The van der Waals surface area contributed by atoms with Crippen LogP contribution in [-0.2, 0) is 4.79 Å². The molecule has 1 N–H and O–H groups in total. The van der Waals surface area contributed by atoms with E-state index in [4.69, 9.17) is 5.11 Å². The highest BCUT2D eigenvalue weighted by atomic mass is 16.3. The van der Waals surface area contributed by atoms with Crippen LogP contribution in [0.15, 0.2) is 30.3 Å². The molecule has 18 heavy (non-hydrogen) atoms. The van der Waals surface area contributed by atoms with Gasteiger partial charge in [-0.2, -0.15) is 0 Å². The van der Waals surface area contributed by atoms with E-state index in [2.05, 4.69) is 0 Å². The van der Waals surface area contributed by atoms with Crippen molar-refractivity contribution in [2.75, 3.05) is 19.7 Å². The van der Waals surface area contributed by atoms with E-state index in [0.29, 0.717) is 24.4 Å². The lowest BCUT2D eigenvalue weighted by atomic mass is 9.92. The van der Waals surface area contributed by atoms with E-state index in [9.17, 15) is 9.59 Å². The SMILES string of the molecule is CCN(CCO)C1=CC(=O)C(=O)c2ccccc21. The number of allylic oxidation sites excluding steroid dienone is 1. The molecule has 4 heteroatoms. The molecule has 1 aromatic rings. The third-order valence-corrected chi connectivity index (χ3v) is 3.03. The Morgan fingerprint density at radius 2 is 1.83 bits per heavy atom. The second kappa shape index (κ2) is 5.14. The van der Waals surface area contributed by atoms with Crippen LogP contribution < -0.4 is 0 Å². The molecule has 0 spiro atoms. The topological polar surface area (TPSA) is 57.6 Å². The molecular weight excluding hydrogens is 230 g/mol. The van der Waals surface area contributed by atoms with E-state index in [1.54, 1.807) is 12.1 Å². The van der Waals surface area contributed by atoms with Crippen LogP contribution in [0.5, 0.6) is 0 Å². The number of likely N-dealkylation sites (N-methyl/N-ethyl adjacent to an activating group) is 1. The molecule has 0 heterocycles. The van der Waals surface area contributed by atoms with Crippen molar-refractivity contribution >= 4 is 17.3 Å². The number of hydrogen-bond acceptors (Lipinski definition) is 4. The lowest BCUT2D eigenvalue weighted by Crippen LogP contribution is -2.30. The number of Topliss-reactive ketones (excluding diaryl/α,β-unsaturated/α-hetero) is 1. The van der Waals surface area contributed by atoms with Crippen molar-refractivity contribution in [3.8, 4) is 0 Å². The van der Waals surface area contributed by atoms with Crippen molar-refractivity contribution in [1.82, 2.24) is 4.90 Å². The monoisotopic (exact) mass is 245 g/mol. The highest BCUT2D eigenvalue weighted by molar-refractivity contribution is 6.50. The average molecular weight is 245 g/mol. The maximum atomic E-state index is 11.8. The summed E-state index contributed by atoms with van der Waals surface area (Å²) in [6.07, 6.45) is 1.36. The van der Waals surface area contributed by atoms with Gasteiger partial charge in [-0.15, -0.1) is 0 Å². The van der Waals surface area contributed by atoms with Crippen LogP contribution in [-0.4, -0.2) is 41.3 Å².